The van der Waals surface area contributed by atoms with Crippen molar-refractivity contribution in [2.24, 2.45) is 0 Å². The van der Waals surface area contributed by atoms with Gasteiger partial charge in [-0.2, -0.15) is 5.26 Å². The molecule has 2 heterocycles. The van der Waals surface area contributed by atoms with E-state index in [4.69, 9.17) is 5.26 Å². The number of rotatable bonds is 6. The third-order valence-electron chi connectivity index (χ3n) is 6.14. The van der Waals surface area contributed by atoms with Crippen LogP contribution in [0.5, 0.6) is 0 Å². The molecule has 0 spiro atoms. The van der Waals surface area contributed by atoms with E-state index < -0.39 is 53.9 Å². The predicted molar refractivity (Wildman–Crippen MR) is 159 cm³/mol. The van der Waals surface area contributed by atoms with Crippen LogP contribution in [-0.2, 0) is 42.8 Å². The largest absolute Gasteiger partial charge is 0.352 e. The van der Waals surface area contributed by atoms with Gasteiger partial charge in [-0.15, -0.1) is 0 Å². The van der Waals surface area contributed by atoms with E-state index >= 15 is 0 Å². The monoisotopic (exact) mass is 632 g/mol. The summed E-state index contributed by atoms with van der Waals surface area (Å²) in [5.41, 5.74) is 0.0476. The van der Waals surface area contributed by atoms with Crippen molar-refractivity contribution in [1.82, 2.24) is 24.4 Å². The van der Waals surface area contributed by atoms with E-state index in [1.54, 1.807) is 26.0 Å². The van der Waals surface area contributed by atoms with Crippen molar-refractivity contribution in [3.63, 3.8) is 0 Å². The zero-order valence-electron chi connectivity index (χ0n) is 23.8. The molecule has 228 valence electrons. The van der Waals surface area contributed by atoms with Crippen molar-refractivity contribution in [1.29, 1.82) is 5.26 Å². The molecule has 0 saturated heterocycles. The van der Waals surface area contributed by atoms with Crippen LogP contribution in [0.25, 0.3) is 21.8 Å². The van der Waals surface area contributed by atoms with E-state index in [1.165, 1.54) is 19.1 Å². The van der Waals surface area contributed by atoms with Crippen molar-refractivity contribution < 1.29 is 21.6 Å². The molecule has 2 aromatic carbocycles. The molecule has 0 radical (unpaired) electrons. The third-order valence-corrected chi connectivity index (χ3v) is 7.60. The normalized spacial score (nSPS) is 11.5. The predicted octanol–water partition coefficient (Wildman–Crippen LogP) is -0.492. The van der Waals surface area contributed by atoms with Gasteiger partial charge >= 0.3 is 11.4 Å². The van der Waals surface area contributed by atoms with Crippen molar-refractivity contribution >= 4 is 47.4 Å². The highest BCUT2D eigenvalue weighted by Gasteiger charge is 2.15. The van der Waals surface area contributed by atoms with Crippen LogP contribution in [0.4, 0.5) is 0 Å². The molecular weight excluding hydrogens is 604 g/mol. The summed E-state index contributed by atoms with van der Waals surface area (Å²) in [6, 6.07) is 7.98. The molecule has 3 N–H and O–H groups in total. The maximum Gasteiger partial charge on any atom is 0.329 e. The number of nitrogens with zero attached hydrogens (tertiary/aromatic N) is 3. The highest BCUT2D eigenvalue weighted by molar-refractivity contribution is 7.89. The van der Waals surface area contributed by atoms with Gasteiger partial charge in [0.05, 0.1) is 33.4 Å². The van der Waals surface area contributed by atoms with Gasteiger partial charge in [-0.25, -0.2) is 35.6 Å². The molecule has 0 aliphatic rings. The number of hydrogen-bond acceptors (Lipinski definition) is 10. The lowest BCUT2D eigenvalue weighted by atomic mass is 10.1. The first-order valence-corrected chi connectivity index (χ1v) is 16.5. The first-order valence-electron chi connectivity index (χ1n) is 12.3. The van der Waals surface area contributed by atoms with Crippen molar-refractivity contribution in [2.45, 2.75) is 39.1 Å². The highest BCUT2D eigenvalue weighted by Crippen LogP contribution is 2.15. The standard InChI is InChI=1S/C14H17N3O5S.C12H11N3O4S/c1-8-4-12-11(5-10(8)6-15-9(2)18)13(19)17(14(20)16-12)7-23(3,21)22;1-7-3-10-9(4-8(7)5-13)11(16)15(12(17)14-10)6-20(2,18)19/h4-5H,6-7H2,1-3H3,(H,15,18)(H,16,20);3-4H,6H2,1-2H3,(H,14,17). The maximum atomic E-state index is 12.4. The van der Waals surface area contributed by atoms with Crippen LogP contribution in [0.2, 0.25) is 0 Å². The van der Waals surface area contributed by atoms with Gasteiger partial charge in [0.25, 0.3) is 11.1 Å². The van der Waals surface area contributed by atoms with E-state index in [0.29, 0.717) is 31.3 Å². The summed E-state index contributed by atoms with van der Waals surface area (Å²) in [6.45, 7) is 5.09. The molecule has 1 amide bonds. The lowest BCUT2D eigenvalue weighted by Crippen LogP contribution is -2.37. The van der Waals surface area contributed by atoms with Gasteiger partial charge in [0.1, 0.15) is 11.8 Å². The summed E-state index contributed by atoms with van der Waals surface area (Å²) < 4.78 is 46.5. The number of aromatic amines is 2. The van der Waals surface area contributed by atoms with E-state index in [2.05, 4.69) is 15.3 Å². The minimum absolute atomic E-state index is 0.107. The zero-order chi connectivity index (χ0) is 32.4. The summed E-state index contributed by atoms with van der Waals surface area (Å²) in [4.78, 5) is 64.3. The number of aromatic nitrogens is 4. The SMILES string of the molecule is CC(=O)NCc1cc2c(=O)n(CS(C)(=O)=O)c(=O)[nH]c2cc1C.Cc1cc2[nH]c(=O)n(CS(C)(=O)=O)c(=O)c2cc1C#N. The Labute approximate surface area is 244 Å². The van der Waals surface area contributed by atoms with Crippen molar-refractivity contribution in [2.75, 3.05) is 12.5 Å². The fourth-order valence-electron chi connectivity index (χ4n) is 4.10. The number of nitriles is 1. The Hall–Kier alpha value is -4.82. The Morgan fingerprint density at radius 2 is 1.26 bits per heavy atom. The summed E-state index contributed by atoms with van der Waals surface area (Å²) in [6.07, 6.45) is 1.87. The molecule has 0 atom stereocenters. The van der Waals surface area contributed by atoms with Gasteiger partial charge in [0, 0.05) is 26.0 Å². The number of H-pyrrole nitrogens is 2. The average Bonchev–Trinajstić information content (AvgIpc) is 2.87. The number of fused-ring (bicyclic) bond motifs is 2. The van der Waals surface area contributed by atoms with Gasteiger partial charge in [0.2, 0.25) is 5.91 Å². The molecule has 0 aliphatic carbocycles. The van der Waals surface area contributed by atoms with Crippen LogP contribution in [-0.4, -0.2) is 54.4 Å². The molecule has 0 aliphatic heterocycles. The lowest BCUT2D eigenvalue weighted by Gasteiger charge is -2.10. The first kappa shape index (κ1) is 32.7. The Morgan fingerprint density at radius 1 is 0.814 bits per heavy atom. The number of nitrogens with one attached hydrogen (secondary N) is 3. The van der Waals surface area contributed by atoms with E-state index in [9.17, 15) is 40.8 Å². The minimum Gasteiger partial charge on any atom is -0.352 e. The van der Waals surface area contributed by atoms with Gasteiger partial charge in [-0.1, -0.05) is 0 Å². The molecule has 15 nitrogen and oxygen atoms in total. The number of hydrogen-bond donors (Lipinski definition) is 3. The smallest absolute Gasteiger partial charge is 0.329 e. The van der Waals surface area contributed by atoms with Gasteiger partial charge in [-0.05, 0) is 54.8 Å². The van der Waals surface area contributed by atoms with Gasteiger partial charge in [0.15, 0.2) is 19.7 Å². The van der Waals surface area contributed by atoms with E-state index in [0.717, 1.165) is 18.1 Å². The van der Waals surface area contributed by atoms with Crippen LogP contribution in [0.1, 0.15) is 29.2 Å². The number of sulfone groups is 2. The summed E-state index contributed by atoms with van der Waals surface area (Å²) >= 11 is 0. The van der Waals surface area contributed by atoms with Gasteiger partial charge < -0.3 is 15.3 Å². The fourth-order valence-corrected chi connectivity index (χ4v) is 5.50. The minimum atomic E-state index is -3.54. The number of amides is 1. The lowest BCUT2D eigenvalue weighted by molar-refractivity contribution is -0.119. The summed E-state index contributed by atoms with van der Waals surface area (Å²) in [7, 11) is -7.08. The second-order valence-corrected chi connectivity index (χ2v) is 14.2. The number of benzene rings is 2. The topological polar surface area (TPSA) is 231 Å². The fraction of sp³-hybridized carbons (Fsp3) is 0.308. The number of carbonyl (C=O) groups excluding carboxylic acids is 1. The molecule has 4 rings (SSSR count). The van der Waals surface area contributed by atoms with Crippen LogP contribution < -0.4 is 27.8 Å². The van der Waals surface area contributed by atoms with Crippen LogP contribution in [0, 0.1) is 25.2 Å². The average molecular weight is 633 g/mol. The molecule has 4 aromatic rings. The molecule has 17 heteroatoms. The van der Waals surface area contributed by atoms with Crippen LogP contribution in [0.15, 0.2) is 43.4 Å². The quantitative estimate of drug-likeness (QED) is 0.247. The first-order chi connectivity index (χ1) is 19.8. The molecule has 0 saturated carbocycles. The Bertz CT molecular complexity index is 2290. The number of aryl methyl sites for hydroxylation is 2. The molecule has 0 fully saturated rings. The summed E-state index contributed by atoms with van der Waals surface area (Å²) in [5.74, 6) is -1.60. The molecule has 0 unspecified atom stereocenters. The van der Waals surface area contributed by atoms with Gasteiger partial charge in [-0.3, -0.25) is 14.4 Å². The Kier molecular flexibility index (Phi) is 9.27. The molecule has 2 aromatic heterocycles. The third kappa shape index (κ3) is 7.93. The Balaban J connectivity index is 0.000000238. The molecule has 43 heavy (non-hydrogen) atoms. The van der Waals surface area contributed by atoms with E-state index in [-0.39, 0.29) is 28.7 Å². The van der Waals surface area contributed by atoms with Crippen molar-refractivity contribution in [3.05, 3.63) is 88.2 Å². The van der Waals surface area contributed by atoms with Crippen LogP contribution in [0.3, 0.4) is 0 Å². The second kappa shape index (κ2) is 12.2. The summed E-state index contributed by atoms with van der Waals surface area (Å²) in [5, 5.41) is 11.9. The highest BCUT2D eigenvalue weighted by atomic mass is 32.2. The zero-order valence-corrected chi connectivity index (χ0v) is 25.4. The van der Waals surface area contributed by atoms with Crippen LogP contribution >= 0.6 is 0 Å². The molecular formula is C26H28N6O9S2. The molecule has 0 bridgehead atoms. The van der Waals surface area contributed by atoms with Crippen molar-refractivity contribution in [3.8, 4) is 6.07 Å². The second-order valence-electron chi connectivity index (χ2n) is 9.99. The van der Waals surface area contributed by atoms with E-state index in [1.807, 2.05) is 6.07 Å². The number of carbonyl (C=O) groups is 1. The Morgan fingerprint density at radius 3 is 1.67 bits per heavy atom. The maximum absolute atomic E-state index is 12.4.